The monoisotopic (exact) mass is 370 g/mol. The smallest absolute Gasteiger partial charge is 0.0723 e. The molecule has 5 aromatic rings. The molecule has 0 amide bonds. The second kappa shape index (κ2) is 6.32. The van der Waals surface area contributed by atoms with Crippen LogP contribution in [0.15, 0.2) is 109 Å². The van der Waals surface area contributed by atoms with Gasteiger partial charge in [-0.15, -0.1) is 0 Å². The molecule has 0 bridgehead atoms. The van der Waals surface area contributed by atoms with Crippen molar-refractivity contribution in [2.75, 3.05) is 4.90 Å². The molecule has 136 valence electrons. The molecule has 2 heterocycles. The Morgan fingerprint density at radius 2 is 1.38 bits per heavy atom. The molecule has 4 aromatic carbocycles. The van der Waals surface area contributed by atoms with Crippen LogP contribution in [0.2, 0.25) is 0 Å². The second-order valence-electron chi connectivity index (χ2n) is 7.33. The second-order valence-corrected chi connectivity index (χ2v) is 7.33. The van der Waals surface area contributed by atoms with Gasteiger partial charge in [-0.25, -0.2) is 0 Å². The predicted molar refractivity (Wildman–Crippen MR) is 121 cm³/mol. The van der Waals surface area contributed by atoms with E-state index in [0.29, 0.717) is 0 Å². The van der Waals surface area contributed by atoms with Crippen molar-refractivity contribution < 1.29 is 0 Å². The highest BCUT2D eigenvalue weighted by Gasteiger charge is 2.26. The molecule has 1 aromatic heterocycles. The molecule has 0 saturated heterocycles. The maximum atomic E-state index is 4.45. The molecule has 1 aliphatic rings. The Balaban J connectivity index is 1.71. The average molecular weight is 370 g/mol. The van der Waals surface area contributed by atoms with Crippen molar-refractivity contribution >= 4 is 27.8 Å². The van der Waals surface area contributed by atoms with E-state index < -0.39 is 0 Å². The summed E-state index contributed by atoms with van der Waals surface area (Å²) in [5.41, 5.74) is 8.41. The summed E-state index contributed by atoms with van der Waals surface area (Å²) in [6, 6.07) is 34.4. The van der Waals surface area contributed by atoms with Crippen molar-refractivity contribution in [3.8, 4) is 22.3 Å². The molecular weight excluding hydrogens is 352 g/mol. The van der Waals surface area contributed by atoms with Crippen LogP contribution in [0.4, 0.5) is 17.1 Å². The van der Waals surface area contributed by atoms with E-state index in [0.717, 1.165) is 11.4 Å². The summed E-state index contributed by atoms with van der Waals surface area (Å²) in [7, 11) is 0. The van der Waals surface area contributed by atoms with Gasteiger partial charge in [-0.05, 0) is 58.5 Å². The normalized spacial score (nSPS) is 12.1. The first-order chi connectivity index (χ1) is 14.4. The van der Waals surface area contributed by atoms with Crippen LogP contribution in [0, 0.1) is 0 Å². The third kappa shape index (κ3) is 2.46. The Bertz CT molecular complexity index is 1340. The van der Waals surface area contributed by atoms with E-state index in [1.54, 1.807) is 0 Å². The molecular formula is C27H18N2. The number of pyridine rings is 1. The van der Waals surface area contributed by atoms with Crippen LogP contribution in [-0.2, 0) is 0 Å². The molecule has 6 rings (SSSR count). The fourth-order valence-corrected chi connectivity index (χ4v) is 4.38. The topological polar surface area (TPSA) is 16.1 Å². The van der Waals surface area contributed by atoms with Crippen molar-refractivity contribution in [1.82, 2.24) is 4.98 Å². The third-order valence-corrected chi connectivity index (χ3v) is 5.65. The minimum Gasteiger partial charge on any atom is -0.308 e. The standard InChI is InChI=1S/C27H18N2/c1-3-8-19(9-4-1)21-16-20-10-7-13-25-27(20)24(17-21)23-14-15-28-18-26(23)29(25)22-11-5-2-6-12-22/h1-18H. The van der Waals surface area contributed by atoms with E-state index in [1.807, 2.05) is 12.4 Å². The molecule has 29 heavy (non-hydrogen) atoms. The highest BCUT2D eigenvalue weighted by Crippen LogP contribution is 2.51. The van der Waals surface area contributed by atoms with Crippen molar-refractivity contribution in [1.29, 1.82) is 0 Å². The van der Waals surface area contributed by atoms with Crippen LogP contribution in [-0.4, -0.2) is 4.98 Å². The molecule has 2 heteroatoms. The Morgan fingerprint density at radius 3 is 2.21 bits per heavy atom. The van der Waals surface area contributed by atoms with Crippen molar-refractivity contribution in [3.05, 3.63) is 109 Å². The molecule has 0 atom stereocenters. The van der Waals surface area contributed by atoms with Gasteiger partial charge in [0.2, 0.25) is 0 Å². The van der Waals surface area contributed by atoms with E-state index in [9.17, 15) is 0 Å². The number of anilines is 3. The van der Waals surface area contributed by atoms with E-state index in [1.165, 1.54) is 38.7 Å². The van der Waals surface area contributed by atoms with Crippen LogP contribution in [0.3, 0.4) is 0 Å². The van der Waals surface area contributed by atoms with Crippen molar-refractivity contribution in [2.45, 2.75) is 0 Å². The summed E-state index contributed by atoms with van der Waals surface area (Å²) in [4.78, 5) is 6.77. The van der Waals surface area contributed by atoms with Crippen LogP contribution >= 0.6 is 0 Å². The number of hydrogen-bond donors (Lipinski definition) is 0. The third-order valence-electron chi connectivity index (χ3n) is 5.65. The van der Waals surface area contributed by atoms with Gasteiger partial charge in [-0.2, -0.15) is 0 Å². The lowest BCUT2D eigenvalue weighted by Gasteiger charge is -2.33. The minimum atomic E-state index is 1.11. The SMILES string of the molecule is c1ccc(-c2cc3c4c(cccc4c2)N(c2ccccc2)c2cnccc2-3)cc1. The number of benzene rings is 4. The largest absolute Gasteiger partial charge is 0.308 e. The molecule has 0 N–H and O–H groups in total. The van der Waals surface area contributed by atoms with Gasteiger partial charge < -0.3 is 4.90 Å². The number of aromatic nitrogens is 1. The van der Waals surface area contributed by atoms with Gasteiger partial charge in [-0.1, -0.05) is 60.7 Å². The molecule has 0 radical (unpaired) electrons. The zero-order valence-corrected chi connectivity index (χ0v) is 15.8. The number of hydrogen-bond acceptors (Lipinski definition) is 2. The Hall–Kier alpha value is -3.91. The first-order valence-corrected chi connectivity index (χ1v) is 9.82. The van der Waals surface area contributed by atoms with Crippen LogP contribution in [0.25, 0.3) is 33.0 Å². The predicted octanol–water partition coefficient (Wildman–Crippen LogP) is 7.35. The number of fused-ring (bicyclic) bond motifs is 2. The Kier molecular flexibility index (Phi) is 3.50. The van der Waals surface area contributed by atoms with Gasteiger partial charge in [0.25, 0.3) is 0 Å². The number of para-hydroxylation sites is 1. The van der Waals surface area contributed by atoms with E-state index >= 15 is 0 Å². The molecule has 0 saturated carbocycles. The van der Waals surface area contributed by atoms with Crippen molar-refractivity contribution in [3.63, 3.8) is 0 Å². The minimum absolute atomic E-state index is 1.11. The van der Waals surface area contributed by atoms with Crippen molar-refractivity contribution in [2.24, 2.45) is 0 Å². The molecule has 1 aliphatic heterocycles. The first-order valence-electron chi connectivity index (χ1n) is 9.82. The number of rotatable bonds is 2. The summed E-state index contributed by atoms with van der Waals surface area (Å²) >= 11 is 0. The van der Waals surface area contributed by atoms with Gasteiger partial charge in [-0.3, -0.25) is 4.98 Å². The molecule has 2 nitrogen and oxygen atoms in total. The van der Waals surface area contributed by atoms with Crippen LogP contribution in [0.5, 0.6) is 0 Å². The summed E-state index contributed by atoms with van der Waals surface area (Å²) in [5.74, 6) is 0. The first kappa shape index (κ1) is 16.1. The highest BCUT2D eigenvalue weighted by atomic mass is 15.2. The molecule has 0 aliphatic carbocycles. The zero-order chi connectivity index (χ0) is 19.2. The molecule has 0 unspecified atom stereocenters. The van der Waals surface area contributed by atoms with Gasteiger partial charge in [0.1, 0.15) is 0 Å². The summed E-state index contributed by atoms with van der Waals surface area (Å²) < 4.78 is 0. The number of nitrogens with zero attached hydrogens (tertiary/aromatic N) is 2. The fraction of sp³-hybridized carbons (Fsp3) is 0. The maximum absolute atomic E-state index is 4.45. The molecule has 0 spiro atoms. The van der Waals surface area contributed by atoms with Gasteiger partial charge in [0, 0.05) is 22.8 Å². The summed E-state index contributed by atoms with van der Waals surface area (Å²) in [5, 5.41) is 2.54. The van der Waals surface area contributed by atoms with E-state index in [-0.39, 0.29) is 0 Å². The average Bonchev–Trinajstić information content (AvgIpc) is 2.80. The maximum Gasteiger partial charge on any atom is 0.0723 e. The van der Waals surface area contributed by atoms with Gasteiger partial charge in [0.15, 0.2) is 0 Å². The van der Waals surface area contributed by atoms with Crippen LogP contribution in [0.1, 0.15) is 0 Å². The zero-order valence-electron chi connectivity index (χ0n) is 15.8. The Morgan fingerprint density at radius 1 is 0.586 bits per heavy atom. The quantitative estimate of drug-likeness (QED) is 0.317. The van der Waals surface area contributed by atoms with Crippen LogP contribution < -0.4 is 4.90 Å². The lowest BCUT2D eigenvalue weighted by molar-refractivity contribution is 1.23. The van der Waals surface area contributed by atoms with E-state index in [4.69, 9.17) is 0 Å². The van der Waals surface area contributed by atoms with Gasteiger partial charge in [0.05, 0.1) is 17.6 Å². The highest BCUT2D eigenvalue weighted by molar-refractivity contribution is 6.14. The Labute approximate surface area is 169 Å². The summed E-state index contributed by atoms with van der Waals surface area (Å²) in [6.07, 6.45) is 3.86. The lowest BCUT2D eigenvalue weighted by Crippen LogP contribution is -2.15. The fourth-order valence-electron chi connectivity index (χ4n) is 4.38. The summed E-state index contributed by atoms with van der Waals surface area (Å²) in [6.45, 7) is 0. The van der Waals surface area contributed by atoms with E-state index in [2.05, 4.69) is 107 Å². The lowest BCUT2D eigenvalue weighted by atomic mass is 9.88. The molecule has 0 fully saturated rings. The van der Waals surface area contributed by atoms with Gasteiger partial charge >= 0.3 is 0 Å².